The summed E-state index contributed by atoms with van der Waals surface area (Å²) in [6, 6.07) is 14.8. The van der Waals surface area contributed by atoms with Crippen molar-refractivity contribution in [3.05, 3.63) is 59.8 Å². The molecule has 1 heterocycles. The van der Waals surface area contributed by atoms with Crippen LogP contribution >= 0.6 is 0 Å². The van der Waals surface area contributed by atoms with E-state index in [2.05, 4.69) is 53.6 Å². The lowest BCUT2D eigenvalue weighted by Gasteiger charge is -2.05. The topological polar surface area (TPSA) is 24.9 Å². The summed E-state index contributed by atoms with van der Waals surface area (Å²) in [5, 5.41) is 3.36. The molecule has 0 aliphatic rings. The van der Waals surface area contributed by atoms with Crippen molar-refractivity contribution in [1.82, 2.24) is 4.98 Å². The number of hydrogen-bond acceptors (Lipinski definition) is 2. The van der Waals surface area contributed by atoms with Crippen molar-refractivity contribution in [1.29, 1.82) is 0 Å². The van der Waals surface area contributed by atoms with E-state index in [1.165, 1.54) is 36.8 Å². The van der Waals surface area contributed by atoms with Crippen LogP contribution in [0.2, 0.25) is 0 Å². The molecule has 2 nitrogen and oxygen atoms in total. The molecule has 2 aromatic rings. The summed E-state index contributed by atoms with van der Waals surface area (Å²) in [5.74, 6) is 0.980. The third-order valence-corrected chi connectivity index (χ3v) is 3.20. The van der Waals surface area contributed by atoms with Gasteiger partial charge in [0.05, 0.1) is 0 Å². The molecule has 0 spiro atoms. The van der Waals surface area contributed by atoms with Crippen LogP contribution in [0.15, 0.2) is 48.7 Å². The van der Waals surface area contributed by atoms with Crippen LogP contribution in [-0.4, -0.2) is 11.5 Å². The van der Waals surface area contributed by atoms with Crippen molar-refractivity contribution < 1.29 is 0 Å². The van der Waals surface area contributed by atoms with Gasteiger partial charge in [-0.3, -0.25) is 0 Å². The fraction of sp³-hybridized carbons (Fsp3) is 0.353. The lowest BCUT2D eigenvalue weighted by molar-refractivity contribution is 0.697. The molecule has 1 aromatic carbocycles. The molecule has 0 radical (unpaired) electrons. The maximum absolute atomic E-state index is 4.33. The summed E-state index contributed by atoms with van der Waals surface area (Å²) in [7, 11) is 0. The van der Waals surface area contributed by atoms with E-state index >= 15 is 0 Å². The molecular formula is C17H22N2. The van der Waals surface area contributed by atoms with Crippen LogP contribution in [-0.2, 0) is 6.42 Å². The van der Waals surface area contributed by atoms with Crippen molar-refractivity contribution in [2.45, 2.75) is 32.6 Å². The average Bonchev–Trinajstić information content (AvgIpc) is 2.46. The van der Waals surface area contributed by atoms with Gasteiger partial charge in [-0.1, -0.05) is 42.8 Å². The van der Waals surface area contributed by atoms with E-state index in [1.807, 2.05) is 12.3 Å². The van der Waals surface area contributed by atoms with Crippen molar-refractivity contribution in [3.63, 3.8) is 0 Å². The number of unbranched alkanes of at least 4 members (excludes halogenated alkanes) is 2. The zero-order valence-corrected chi connectivity index (χ0v) is 11.6. The standard InChI is InChI=1S/C17H22N2/c1-15-11-12-17(19-14-15)18-13-7-3-6-10-16-8-4-2-5-9-16/h2,4-5,8-9,11-12,14H,3,6-7,10,13H2,1H3,(H,18,19). The lowest BCUT2D eigenvalue weighted by atomic mass is 10.1. The molecule has 0 saturated heterocycles. The molecule has 0 fully saturated rings. The summed E-state index contributed by atoms with van der Waals surface area (Å²) < 4.78 is 0. The first-order valence-electron chi connectivity index (χ1n) is 7.05. The Morgan fingerprint density at radius 2 is 1.79 bits per heavy atom. The summed E-state index contributed by atoms with van der Waals surface area (Å²) >= 11 is 0. The lowest BCUT2D eigenvalue weighted by Crippen LogP contribution is -2.03. The fourth-order valence-corrected chi connectivity index (χ4v) is 2.06. The maximum atomic E-state index is 4.33. The Bertz CT molecular complexity index is 462. The summed E-state index contributed by atoms with van der Waals surface area (Å²) in [4.78, 5) is 4.33. The maximum Gasteiger partial charge on any atom is 0.125 e. The van der Waals surface area contributed by atoms with E-state index in [9.17, 15) is 0 Å². The van der Waals surface area contributed by atoms with E-state index in [0.29, 0.717) is 0 Å². The Morgan fingerprint density at radius 3 is 2.53 bits per heavy atom. The number of aryl methyl sites for hydroxylation is 2. The minimum absolute atomic E-state index is 0.980. The Morgan fingerprint density at radius 1 is 0.947 bits per heavy atom. The minimum Gasteiger partial charge on any atom is -0.370 e. The quantitative estimate of drug-likeness (QED) is 0.748. The number of aromatic nitrogens is 1. The van der Waals surface area contributed by atoms with Gasteiger partial charge < -0.3 is 5.32 Å². The van der Waals surface area contributed by atoms with Crippen LogP contribution in [0.3, 0.4) is 0 Å². The molecular weight excluding hydrogens is 232 g/mol. The fourth-order valence-electron chi connectivity index (χ4n) is 2.06. The number of nitrogens with zero attached hydrogens (tertiary/aromatic N) is 1. The molecule has 2 rings (SSSR count). The van der Waals surface area contributed by atoms with E-state index in [1.54, 1.807) is 0 Å². The van der Waals surface area contributed by atoms with Crippen molar-refractivity contribution >= 4 is 5.82 Å². The van der Waals surface area contributed by atoms with Crippen LogP contribution in [0.25, 0.3) is 0 Å². The van der Waals surface area contributed by atoms with E-state index in [4.69, 9.17) is 0 Å². The number of hydrogen-bond donors (Lipinski definition) is 1. The van der Waals surface area contributed by atoms with Crippen LogP contribution < -0.4 is 5.32 Å². The van der Waals surface area contributed by atoms with Gasteiger partial charge in [0, 0.05) is 12.7 Å². The molecule has 0 aliphatic carbocycles. The Kier molecular flexibility index (Phi) is 5.42. The van der Waals surface area contributed by atoms with Crippen LogP contribution in [0.5, 0.6) is 0 Å². The highest BCUT2D eigenvalue weighted by atomic mass is 15.0. The molecule has 0 bridgehead atoms. The molecule has 19 heavy (non-hydrogen) atoms. The second-order valence-corrected chi connectivity index (χ2v) is 4.94. The normalized spacial score (nSPS) is 10.4. The molecule has 0 amide bonds. The zero-order chi connectivity index (χ0) is 13.3. The largest absolute Gasteiger partial charge is 0.370 e. The van der Waals surface area contributed by atoms with Crippen molar-refractivity contribution in [2.24, 2.45) is 0 Å². The Hall–Kier alpha value is -1.83. The SMILES string of the molecule is Cc1ccc(NCCCCCc2ccccc2)nc1. The van der Waals surface area contributed by atoms with Gasteiger partial charge in [0.25, 0.3) is 0 Å². The van der Waals surface area contributed by atoms with Crippen molar-refractivity contribution in [3.8, 4) is 0 Å². The molecule has 2 heteroatoms. The average molecular weight is 254 g/mol. The predicted molar refractivity (Wildman–Crippen MR) is 81.5 cm³/mol. The number of rotatable bonds is 7. The highest BCUT2D eigenvalue weighted by Gasteiger charge is 1.94. The third kappa shape index (κ3) is 5.12. The van der Waals surface area contributed by atoms with E-state index in [-0.39, 0.29) is 0 Å². The van der Waals surface area contributed by atoms with Gasteiger partial charge in [0.15, 0.2) is 0 Å². The predicted octanol–water partition coefficient (Wildman–Crippen LogP) is 4.21. The van der Waals surface area contributed by atoms with Gasteiger partial charge in [0.2, 0.25) is 0 Å². The number of anilines is 1. The van der Waals surface area contributed by atoms with Gasteiger partial charge in [-0.2, -0.15) is 0 Å². The van der Waals surface area contributed by atoms with Crippen molar-refractivity contribution in [2.75, 3.05) is 11.9 Å². The molecule has 0 unspecified atom stereocenters. The highest BCUT2D eigenvalue weighted by Crippen LogP contribution is 2.07. The van der Waals surface area contributed by atoms with Gasteiger partial charge in [-0.05, 0) is 43.4 Å². The van der Waals surface area contributed by atoms with Crippen LogP contribution in [0, 0.1) is 6.92 Å². The summed E-state index contributed by atoms with van der Waals surface area (Å²) in [6.45, 7) is 3.06. The Labute approximate surface area is 115 Å². The first-order chi connectivity index (χ1) is 9.34. The second-order valence-electron chi connectivity index (χ2n) is 4.94. The number of nitrogens with one attached hydrogen (secondary N) is 1. The van der Waals surface area contributed by atoms with Gasteiger partial charge in [0.1, 0.15) is 5.82 Å². The van der Waals surface area contributed by atoms with Gasteiger partial charge in [-0.15, -0.1) is 0 Å². The molecule has 0 saturated carbocycles. The molecule has 100 valence electrons. The van der Waals surface area contributed by atoms with Gasteiger partial charge in [-0.25, -0.2) is 4.98 Å². The van der Waals surface area contributed by atoms with Crippen LogP contribution in [0.1, 0.15) is 30.4 Å². The minimum atomic E-state index is 0.980. The monoisotopic (exact) mass is 254 g/mol. The molecule has 0 atom stereocenters. The number of benzene rings is 1. The van der Waals surface area contributed by atoms with E-state index in [0.717, 1.165) is 12.4 Å². The number of pyridine rings is 1. The Balaban J connectivity index is 1.56. The summed E-state index contributed by atoms with van der Waals surface area (Å²) in [5.41, 5.74) is 2.64. The third-order valence-electron chi connectivity index (χ3n) is 3.20. The van der Waals surface area contributed by atoms with Gasteiger partial charge >= 0.3 is 0 Å². The molecule has 1 aromatic heterocycles. The zero-order valence-electron chi connectivity index (χ0n) is 11.6. The van der Waals surface area contributed by atoms with Crippen LogP contribution in [0.4, 0.5) is 5.82 Å². The first-order valence-corrected chi connectivity index (χ1v) is 7.05. The van der Waals surface area contributed by atoms with E-state index < -0.39 is 0 Å². The second kappa shape index (κ2) is 7.57. The molecule has 0 aliphatic heterocycles. The smallest absolute Gasteiger partial charge is 0.125 e. The highest BCUT2D eigenvalue weighted by molar-refractivity contribution is 5.34. The molecule has 1 N–H and O–H groups in total. The summed E-state index contributed by atoms with van der Waals surface area (Å²) in [6.07, 6.45) is 6.80. The first kappa shape index (κ1) is 13.6.